The third-order valence-electron chi connectivity index (χ3n) is 3.48. The molecule has 0 heterocycles. The van der Waals surface area contributed by atoms with Gasteiger partial charge in [0.2, 0.25) is 0 Å². The van der Waals surface area contributed by atoms with Crippen molar-refractivity contribution in [3.63, 3.8) is 0 Å². The molecule has 96 valence electrons. The summed E-state index contributed by atoms with van der Waals surface area (Å²) in [4.78, 5) is 27.7. The highest BCUT2D eigenvalue weighted by Crippen LogP contribution is 2.33. The second-order valence-electron chi connectivity index (χ2n) is 4.53. The number of hydrogen-bond donors (Lipinski definition) is 0. The van der Waals surface area contributed by atoms with E-state index < -0.39 is 0 Å². The predicted molar refractivity (Wildman–Crippen MR) is 73.3 cm³/mol. The van der Waals surface area contributed by atoms with E-state index in [1.165, 1.54) is 0 Å². The summed E-state index contributed by atoms with van der Waals surface area (Å²) in [5.41, 5.74) is 10.9. The summed E-state index contributed by atoms with van der Waals surface area (Å²) in [5, 5.41) is 3.55. The molecule has 0 atom stereocenters. The standard InChI is InChI=1S/C15H9N3O2/c1-8-12(17-18-16)7-6-11-13(8)15(20)10-5-3-2-4-9(10)14(11)19/h2-7H,1H3. The van der Waals surface area contributed by atoms with Gasteiger partial charge in [-0.1, -0.05) is 35.4 Å². The molecule has 0 aromatic heterocycles. The van der Waals surface area contributed by atoms with Crippen LogP contribution in [0.15, 0.2) is 41.5 Å². The van der Waals surface area contributed by atoms with Crippen LogP contribution in [-0.4, -0.2) is 11.6 Å². The Labute approximate surface area is 114 Å². The van der Waals surface area contributed by atoms with Crippen LogP contribution >= 0.6 is 0 Å². The number of azide groups is 1. The van der Waals surface area contributed by atoms with Crippen molar-refractivity contribution >= 4 is 17.3 Å². The molecule has 0 saturated heterocycles. The van der Waals surface area contributed by atoms with Crippen LogP contribution in [0.5, 0.6) is 0 Å². The van der Waals surface area contributed by atoms with Crippen LogP contribution in [0.4, 0.5) is 5.69 Å². The molecule has 0 N–H and O–H groups in total. The van der Waals surface area contributed by atoms with Gasteiger partial charge in [0.05, 0.1) is 0 Å². The van der Waals surface area contributed by atoms with Crippen molar-refractivity contribution in [1.29, 1.82) is 0 Å². The normalized spacial score (nSPS) is 12.4. The van der Waals surface area contributed by atoms with Crippen LogP contribution < -0.4 is 0 Å². The molecule has 0 saturated carbocycles. The zero-order valence-electron chi connectivity index (χ0n) is 10.6. The average molecular weight is 263 g/mol. The number of benzene rings is 2. The van der Waals surface area contributed by atoms with Crippen LogP contribution in [-0.2, 0) is 0 Å². The molecule has 1 aliphatic rings. The second-order valence-corrected chi connectivity index (χ2v) is 4.53. The first-order chi connectivity index (χ1) is 9.65. The molecular formula is C15H9N3O2. The quantitative estimate of drug-likeness (QED) is 0.381. The van der Waals surface area contributed by atoms with E-state index in [0.717, 1.165) is 0 Å². The SMILES string of the molecule is Cc1c(N=[N+]=[N-])ccc2c1C(=O)c1ccccc1C2=O. The lowest BCUT2D eigenvalue weighted by Crippen LogP contribution is -2.21. The third kappa shape index (κ3) is 1.54. The number of carbonyl (C=O) groups is 2. The largest absolute Gasteiger partial charge is 0.289 e. The Morgan fingerprint density at radius 1 is 0.950 bits per heavy atom. The molecule has 1 aliphatic carbocycles. The van der Waals surface area contributed by atoms with Crippen LogP contribution in [0, 0.1) is 6.92 Å². The molecule has 0 radical (unpaired) electrons. The molecule has 5 nitrogen and oxygen atoms in total. The Morgan fingerprint density at radius 3 is 2.25 bits per heavy atom. The minimum Gasteiger partial charge on any atom is -0.289 e. The van der Waals surface area contributed by atoms with Crippen molar-refractivity contribution < 1.29 is 9.59 Å². The van der Waals surface area contributed by atoms with Gasteiger partial charge >= 0.3 is 0 Å². The summed E-state index contributed by atoms with van der Waals surface area (Å²) < 4.78 is 0. The first-order valence-electron chi connectivity index (χ1n) is 6.02. The maximum absolute atomic E-state index is 12.5. The van der Waals surface area contributed by atoms with Gasteiger partial charge in [-0.15, -0.1) is 0 Å². The highest BCUT2D eigenvalue weighted by atomic mass is 16.1. The second kappa shape index (κ2) is 4.33. The molecule has 0 spiro atoms. The van der Waals surface area contributed by atoms with Crippen molar-refractivity contribution in [3.8, 4) is 0 Å². The smallest absolute Gasteiger partial charge is 0.194 e. The predicted octanol–water partition coefficient (Wildman–Crippen LogP) is 3.71. The van der Waals surface area contributed by atoms with E-state index in [0.29, 0.717) is 33.5 Å². The van der Waals surface area contributed by atoms with Gasteiger partial charge in [0, 0.05) is 32.9 Å². The summed E-state index contributed by atoms with van der Waals surface area (Å²) in [5.74, 6) is -0.381. The summed E-state index contributed by atoms with van der Waals surface area (Å²) in [7, 11) is 0. The van der Waals surface area contributed by atoms with Crippen molar-refractivity contribution in [2.24, 2.45) is 5.11 Å². The van der Waals surface area contributed by atoms with E-state index >= 15 is 0 Å². The van der Waals surface area contributed by atoms with E-state index in [9.17, 15) is 9.59 Å². The first-order valence-corrected chi connectivity index (χ1v) is 6.02. The summed E-state index contributed by atoms with van der Waals surface area (Å²) in [6.45, 7) is 1.68. The van der Waals surface area contributed by atoms with Gasteiger partial charge in [-0.05, 0) is 24.1 Å². The number of nitrogens with zero attached hydrogens (tertiary/aromatic N) is 3. The molecule has 5 heteroatoms. The molecular weight excluding hydrogens is 254 g/mol. The third-order valence-corrected chi connectivity index (χ3v) is 3.48. The summed E-state index contributed by atoms with van der Waals surface area (Å²) in [6, 6.07) is 9.85. The lowest BCUT2D eigenvalue weighted by molar-refractivity contribution is 0.0978. The van der Waals surface area contributed by atoms with Gasteiger partial charge in [0.1, 0.15) is 0 Å². The number of carbonyl (C=O) groups excluding carboxylic acids is 2. The van der Waals surface area contributed by atoms with Crippen molar-refractivity contribution in [2.45, 2.75) is 6.92 Å². The van der Waals surface area contributed by atoms with Gasteiger partial charge in [-0.3, -0.25) is 9.59 Å². The fourth-order valence-corrected chi connectivity index (χ4v) is 2.50. The molecule has 0 amide bonds. The minimum absolute atomic E-state index is 0.175. The highest BCUT2D eigenvalue weighted by Gasteiger charge is 2.31. The van der Waals surface area contributed by atoms with Crippen molar-refractivity contribution in [2.75, 3.05) is 0 Å². The Morgan fingerprint density at radius 2 is 1.60 bits per heavy atom. The van der Waals surface area contributed by atoms with Crippen LogP contribution in [0.1, 0.15) is 37.4 Å². The summed E-state index contributed by atoms with van der Waals surface area (Å²) in [6.07, 6.45) is 0. The van der Waals surface area contributed by atoms with Crippen LogP contribution in [0.3, 0.4) is 0 Å². The lowest BCUT2D eigenvalue weighted by atomic mass is 9.82. The Hall–Kier alpha value is -2.91. The number of fused-ring (bicyclic) bond motifs is 2. The molecule has 0 fully saturated rings. The number of ketones is 2. The topological polar surface area (TPSA) is 82.9 Å². The van der Waals surface area contributed by atoms with Gasteiger partial charge < -0.3 is 0 Å². The van der Waals surface area contributed by atoms with Crippen molar-refractivity contribution in [1.82, 2.24) is 0 Å². The Balaban J connectivity index is 2.34. The molecule has 2 aromatic rings. The summed E-state index contributed by atoms with van der Waals surface area (Å²) >= 11 is 0. The Bertz CT molecular complexity index is 818. The fraction of sp³-hybridized carbons (Fsp3) is 0.0667. The molecule has 0 unspecified atom stereocenters. The van der Waals surface area contributed by atoms with Crippen LogP contribution in [0.2, 0.25) is 0 Å². The van der Waals surface area contributed by atoms with Gasteiger partial charge in [-0.2, -0.15) is 0 Å². The van der Waals surface area contributed by atoms with Crippen LogP contribution in [0.25, 0.3) is 10.4 Å². The molecule has 0 aliphatic heterocycles. The maximum atomic E-state index is 12.5. The molecule has 3 rings (SSSR count). The van der Waals surface area contributed by atoms with Gasteiger partial charge in [-0.25, -0.2) is 0 Å². The lowest BCUT2D eigenvalue weighted by Gasteiger charge is -2.19. The van der Waals surface area contributed by atoms with E-state index in [4.69, 9.17) is 5.53 Å². The molecule has 20 heavy (non-hydrogen) atoms. The van der Waals surface area contributed by atoms with Gasteiger partial charge in [0.15, 0.2) is 11.6 Å². The molecule has 0 bridgehead atoms. The minimum atomic E-state index is -0.206. The Kier molecular flexibility index (Phi) is 2.63. The maximum Gasteiger partial charge on any atom is 0.194 e. The van der Waals surface area contributed by atoms with E-state index in [-0.39, 0.29) is 11.6 Å². The molecule has 2 aromatic carbocycles. The highest BCUT2D eigenvalue weighted by molar-refractivity contribution is 6.29. The first kappa shape index (κ1) is 12.1. The van der Waals surface area contributed by atoms with E-state index in [1.807, 2.05) is 0 Å². The number of rotatable bonds is 1. The number of hydrogen-bond acceptors (Lipinski definition) is 3. The van der Waals surface area contributed by atoms with Gasteiger partial charge in [0.25, 0.3) is 0 Å². The fourth-order valence-electron chi connectivity index (χ4n) is 2.50. The van der Waals surface area contributed by atoms with Crippen molar-refractivity contribution in [3.05, 3.63) is 74.7 Å². The average Bonchev–Trinajstić information content (AvgIpc) is 2.47. The monoisotopic (exact) mass is 263 g/mol. The van der Waals surface area contributed by atoms with E-state index in [2.05, 4.69) is 10.0 Å². The zero-order chi connectivity index (χ0) is 14.3. The van der Waals surface area contributed by atoms with E-state index in [1.54, 1.807) is 43.3 Å². The zero-order valence-corrected chi connectivity index (χ0v) is 10.6.